The number of thiocarbonyl (C=S) groups is 2. The van der Waals surface area contributed by atoms with Crippen LogP contribution in [0.1, 0.15) is 252 Å². The molecule has 0 aliphatic carbocycles. The molecule has 7 heterocycles. The SMILES string of the molecule is CC(N)C(=S)Cc1ccccc1N1CCOCC1.CCC(C)C(N)C(=O)CC(C)C(=O)CN1CCOCC1.CCC(C)C(N)C(=O)CC(C)C(=S)CCN1CCOCC1.CCC(C)C(N)C(=O)CC(C)CCCN1CCOCC1.CCC(C)C(N)C(=O)CC(C)CCN1CCOCC1.CCC(C)C(N)C(=O)CCC(=O)CN1CCOCC1.CCC(C)C(N)C(=O)CCCCCN1CCOCC1. The van der Waals surface area contributed by atoms with Crippen LogP contribution in [0.5, 0.6) is 0 Å². The lowest BCUT2D eigenvalue weighted by Crippen LogP contribution is -2.42. The van der Waals surface area contributed by atoms with Gasteiger partial charge in [0.1, 0.15) is 40.5 Å². The Kier molecular flexibility index (Phi) is 71.8. The second-order valence-electron chi connectivity index (χ2n) is 39.8. The Morgan fingerprint density at radius 2 is 0.625 bits per heavy atom. The first-order chi connectivity index (χ1) is 64.9. The summed E-state index contributed by atoms with van der Waals surface area (Å²) in [5, 5.41) is 0. The number of ketones is 8. The maximum Gasteiger partial charge on any atom is 0.150 e. The lowest BCUT2D eigenvalue weighted by molar-refractivity contribution is -0.129. The summed E-state index contributed by atoms with van der Waals surface area (Å²) in [6.07, 6.45) is 17.1. The van der Waals surface area contributed by atoms with Gasteiger partial charge in [-0.25, -0.2) is 0 Å². The van der Waals surface area contributed by atoms with Gasteiger partial charge in [-0.2, -0.15) is 0 Å². The van der Waals surface area contributed by atoms with Gasteiger partial charge >= 0.3 is 0 Å². The molecule has 7 fully saturated rings. The molecule has 788 valence electrons. The van der Waals surface area contributed by atoms with Gasteiger partial charge in [0.15, 0.2) is 5.78 Å². The van der Waals surface area contributed by atoms with Crippen molar-refractivity contribution in [2.75, 3.05) is 228 Å². The largest absolute Gasteiger partial charge is 0.379 e. The second kappa shape index (κ2) is 76.4. The molecule has 0 saturated carbocycles. The topological polar surface area (TPSA) is 406 Å². The van der Waals surface area contributed by atoms with Crippen LogP contribution in [0.4, 0.5) is 5.69 Å². The molecule has 0 spiro atoms. The molecule has 7 aliphatic rings. The third-order valence-corrected chi connectivity index (χ3v) is 29.6. The van der Waals surface area contributed by atoms with Crippen LogP contribution in [0.25, 0.3) is 0 Å². The fourth-order valence-corrected chi connectivity index (χ4v) is 16.7. The van der Waals surface area contributed by atoms with E-state index in [0.717, 1.165) is 277 Å². The van der Waals surface area contributed by atoms with Crippen molar-refractivity contribution in [3.05, 3.63) is 29.8 Å². The maximum absolute atomic E-state index is 12.2. The van der Waals surface area contributed by atoms with E-state index in [0.29, 0.717) is 101 Å². The van der Waals surface area contributed by atoms with Crippen LogP contribution in [0.15, 0.2) is 24.3 Å². The van der Waals surface area contributed by atoms with Gasteiger partial charge in [0, 0.05) is 172 Å². The molecule has 0 bridgehead atoms. The molecule has 7 aliphatic heterocycles. The Morgan fingerprint density at radius 1 is 0.309 bits per heavy atom. The summed E-state index contributed by atoms with van der Waals surface area (Å²) in [6.45, 7) is 64.1. The van der Waals surface area contributed by atoms with Crippen molar-refractivity contribution in [2.45, 2.75) is 295 Å². The van der Waals surface area contributed by atoms with Crippen molar-refractivity contribution < 1.29 is 71.5 Å². The molecule has 29 nitrogen and oxygen atoms in total. The lowest BCUT2D eigenvalue weighted by atomic mass is 9.90. The van der Waals surface area contributed by atoms with Gasteiger partial charge in [0.25, 0.3) is 0 Å². The van der Waals surface area contributed by atoms with Gasteiger partial charge in [-0.05, 0) is 135 Å². The Bertz CT molecular complexity index is 3390. The van der Waals surface area contributed by atoms with E-state index in [1.165, 1.54) is 17.7 Å². The van der Waals surface area contributed by atoms with Gasteiger partial charge in [-0.1, -0.05) is 198 Å². The number of anilines is 1. The number of hydrogen-bond donors (Lipinski definition) is 7. The number of hydrogen-bond acceptors (Lipinski definition) is 31. The van der Waals surface area contributed by atoms with E-state index in [4.69, 9.17) is 97.7 Å². The normalized spacial score (nSPS) is 20.5. The summed E-state index contributed by atoms with van der Waals surface area (Å²) < 4.78 is 37.2. The minimum Gasteiger partial charge on any atom is -0.379 e. The molecule has 7 saturated heterocycles. The van der Waals surface area contributed by atoms with Crippen LogP contribution >= 0.6 is 24.4 Å². The highest BCUT2D eigenvalue weighted by Gasteiger charge is 2.31. The summed E-state index contributed by atoms with van der Waals surface area (Å²) in [4.78, 5) is 114. The molecule has 17 atom stereocenters. The molecule has 31 heteroatoms. The highest BCUT2D eigenvalue weighted by molar-refractivity contribution is 7.80. The molecule has 0 radical (unpaired) electrons. The van der Waals surface area contributed by atoms with Crippen molar-refractivity contribution in [3.8, 4) is 0 Å². The summed E-state index contributed by atoms with van der Waals surface area (Å²) in [5.41, 5.74) is 44.0. The predicted octanol–water partition coefficient (Wildman–Crippen LogP) is 10.9. The Balaban J connectivity index is 0.000000537. The van der Waals surface area contributed by atoms with Crippen molar-refractivity contribution in [1.82, 2.24) is 29.4 Å². The van der Waals surface area contributed by atoms with Gasteiger partial charge in [0.05, 0.1) is 142 Å². The monoisotopic (exact) mass is 1960 g/mol. The zero-order valence-electron chi connectivity index (χ0n) is 88.1. The van der Waals surface area contributed by atoms with Crippen molar-refractivity contribution in [2.24, 2.45) is 99.3 Å². The van der Waals surface area contributed by atoms with Crippen LogP contribution in [0.2, 0.25) is 0 Å². The van der Waals surface area contributed by atoms with Gasteiger partial charge < -0.3 is 78.2 Å². The van der Waals surface area contributed by atoms with Gasteiger partial charge in [-0.3, -0.25) is 67.8 Å². The third kappa shape index (κ3) is 56.1. The molecular formula is C105H196N14O15S2. The van der Waals surface area contributed by atoms with Crippen molar-refractivity contribution in [1.29, 1.82) is 0 Å². The molecule has 0 amide bonds. The summed E-state index contributed by atoms with van der Waals surface area (Å²) in [7, 11) is 0. The van der Waals surface area contributed by atoms with E-state index in [-0.39, 0.29) is 119 Å². The summed E-state index contributed by atoms with van der Waals surface area (Å²) in [5.74, 6) is 3.33. The number of morpholine rings is 7. The number of unbranched alkanes of at least 4 members (excludes halogenated alkanes) is 2. The molecular weight excluding hydrogens is 1760 g/mol. The number of nitrogens with two attached hydrogens (primary N) is 7. The van der Waals surface area contributed by atoms with E-state index < -0.39 is 12.1 Å². The van der Waals surface area contributed by atoms with E-state index in [1.54, 1.807) is 0 Å². The second-order valence-corrected chi connectivity index (χ2v) is 40.9. The Labute approximate surface area is 834 Å². The average Bonchev–Trinajstić information content (AvgIpc) is 0.834. The first kappa shape index (κ1) is 128. The number of rotatable bonds is 55. The molecule has 136 heavy (non-hydrogen) atoms. The lowest BCUT2D eigenvalue weighted by Gasteiger charge is -2.30. The number of carbonyl (C=O) groups excluding carboxylic acids is 8. The third-order valence-electron chi connectivity index (χ3n) is 28.4. The van der Waals surface area contributed by atoms with E-state index >= 15 is 0 Å². The summed E-state index contributed by atoms with van der Waals surface area (Å²) in [6, 6.07) is 6.36. The number of nitrogens with zero attached hydrogens (tertiary/aromatic N) is 7. The predicted molar refractivity (Wildman–Crippen MR) is 562 cm³/mol. The highest BCUT2D eigenvalue weighted by Crippen LogP contribution is 2.25. The summed E-state index contributed by atoms with van der Waals surface area (Å²) >= 11 is 10.8. The standard InChI is InChI=1S/C16H30N2O2S.C16H32N2O2.C15H28N2O3.2C15H30N2O2.C14H26N2O3.C14H20N2OS/c1-4-12(2)16(17)14(19)11-13(3)15(21)5-6-18-7-9-20-10-8-18;1-4-14(3)16(17)15(19)12-13(2)6-5-7-18-8-10-20-11-9-18;1-4-11(2)15(16)13(18)9-12(3)14(19)10-17-5-7-20-8-6-17;1-4-13(3)15(16)14(18)11-12(2)5-6-17-7-9-19-10-8-17;1-3-13(2)15(16)14(18)7-5-4-6-8-17-9-11-19-12-10-17;1-3-11(2)14(15)13(18)5-4-12(17)10-16-6-8-19-9-7-16;1-11(15)14(18)10-12-4-2-3-5-13(12)16-6-8-17-9-7-16/h12-13,16H,4-11,17H2,1-3H3;13-14,16H,4-12,17H2,1-3H3;11-12,15H,4-10,16H2,1-3H3;12-13,15H,4-11,16H2,1-3H3;13,15H,3-12,16H2,1-2H3;11,14H,3-10,15H2,1-2H3;2-5,11H,6-10,15H2,1H3. The molecule has 17 unspecified atom stereocenters. The number of Topliss-reactive ketones (excluding diaryl/α,β-unsaturated/α-hetero) is 8. The van der Waals surface area contributed by atoms with E-state index in [2.05, 4.69) is 121 Å². The smallest absolute Gasteiger partial charge is 0.150 e. The fourth-order valence-electron chi connectivity index (χ4n) is 16.3. The van der Waals surface area contributed by atoms with Crippen LogP contribution in [-0.2, 0) is 77.9 Å². The molecule has 1 aromatic carbocycles. The van der Waals surface area contributed by atoms with Gasteiger partial charge in [0.2, 0.25) is 0 Å². The number of ether oxygens (including phenoxy) is 7. The quantitative estimate of drug-likeness (QED) is 0.0235. The Morgan fingerprint density at radius 3 is 1.01 bits per heavy atom. The molecule has 14 N–H and O–H groups in total. The molecule has 8 rings (SSSR count). The van der Waals surface area contributed by atoms with Crippen molar-refractivity contribution >= 4 is 86.1 Å². The van der Waals surface area contributed by atoms with E-state index in [1.807, 2.05) is 55.4 Å². The minimum atomic E-state index is -0.446. The minimum absolute atomic E-state index is 0.00202. The zero-order valence-corrected chi connectivity index (χ0v) is 89.8. The Hall–Kier alpha value is -4.24. The van der Waals surface area contributed by atoms with Gasteiger partial charge in [-0.15, -0.1) is 0 Å². The van der Waals surface area contributed by atoms with E-state index in [9.17, 15) is 38.4 Å². The van der Waals surface area contributed by atoms with Crippen LogP contribution in [0, 0.1) is 59.2 Å². The molecule has 0 aromatic heterocycles. The highest BCUT2D eigenvalue weighted by atomic mass is 32.1. The average molecular weight is 1960 g/mol. The van der Waals surface area contributed by atoms with Crippen LogP contribution < -0.4 is 45.0 Å². The first-order valence-electron chi connectivity index (χ1n) is 52.6. The molecule has 1 aromatic rings. The van der Waals surface area contributed by atoms with Crippen molar-refractivity contribution in [3.63, 3.8) is 0 Å². The van der Waals surface area contributed by atoms with Crippen LogP contribution in [0.3, 0.4) is 0 Å². The van der Waals surface area contributed by atoms with Crippen LogP contribution in [-0.4, -0.2) is 351 Å². The maximum atomic E-state index is 12.2. The first-order valence-corrected chi connectivity index (χ1v) is 53.4. The number of benzene rings is 1. The number of para-hydroxylation sites is 1. The zero-order chi connectivity index (χ0) is 101. The number of carbonyl (C=O) groups is 8. The fraction of sp³-hybridized carbons (Fsp3) is 0.848.